The van der Waals surface area contributed by atoms with Crippen molar-refractivity contribution in [2.24, 2.45) is 0 Å². The summed E-state index contributed by atoms with van der Waals surface area (Å²) in [5.74, 6) is -0.372. The molecule has 2 amide bonds. The zero-order chi connectivity index (χ0) is 21.9. The lowest BCUT2D eigenvalue weighted by Gasteiger charge is -2.21. The molecule has 3 N–H and O–H groups in total. The van der Waals surface area contributed by atoms with Crippen molar-refractivity contribution < 1.29 is 14.3 Å². The van der Waals surface area contributed by atoms with Gasteiger partial charge in [-0.05, 0) is 60.9 Å². The summed E-state index contributed by atoms with van der Waals surface area (Å²) in [6.07, 6.45) is 1.93. The Morgan fingerprint density at radius 3 is 2.50 bits per heavy atom. The highest BCUT2D eigenvalue weighted by molar-refractivity contribution is 5.89. The van der Waals surface area contributed by atoms with E-state index in [2.05, 4.69) is 28.9 Å². The molecule has 7 heteroatoms. The van der Waals surface area contributed by atoms with Crippen LogP contribution in [-0.4, -0.2) is 25.2 Å². The molecular formula is C23H28N4O3. The molecule has 0 radical (unpaired) electrons. The number of carbonyl (C=O) groups excluding carboxylic acids is 2. The van der Waals surface area contributed by atoms with Gasteiger partial charge in [0.05, 0.1) is 17.7 Å². The maximum Gasteiger partial charge on any atom is 0.319 e. The number of nitriles is 1. The van der Waals surface area contributed by atoms with Crippen molar-refractivity contribution in [3.63, 3.8) is 0 Å². The highest BCUT2D eigenvalue weighted by atomic mass is 16.5. The number of hydrogen-bond donors (Lipinski definition) is 3. The molecule has 0 bridgehead atoms. The Kier molecular flexibility index (Phi) is 8.70. The number of hydrogen-bond acceptors (Lipinski definition) is 5. The maximum absolute atomic E-state index is 12.1. The summed E-state index contributed by atoms with van der Waals surface area (Å²) in [7, 11) is 0. The Hall–Kier alpha value is -3.53. The number of nitrogens with zero attached hydrogens (tertiary/aromatic N) is 1. The van der Waals surface area contributed by atoms with E-state index in [1.165, 1.54) is 6.92 Å². The number of unbranched alkanes of at least 4 members (excludes halogenated alkanes) is 1. The number of nitrogens with one attached hydrogen (secondary N) is 3. The molecular weight excluding hydrogens is 380 g/mol. The summed E-state index contributed by atoms with van der Waals surface area (Å²) in [5, 5.41) is 18.0. The molecule has 0 aliphatic heterocycles. The number of ether oxygens (including phenoxy) is 1. The van der Waals surface area contributed by atoms with Crippen LogP contribution < -0.4 is 16.0 Å². The lowest BCUT2D eigenvalue weighted by atomic mass is 10.0. The molecule has 0 aliphatic carbocycles. The molecule has 2 aromatic carbocycles. The molecule has 0 aromatic heterocycles. The molecule has 1 atom stereocenters. The molecule has 7 nitrogen and oxygen atoms in total. The highest BCUT2D eigenvalue weighted by Gasteiger charge is 2.16. The predicted octanol–water partition coefficient (Wildman–Crippen LogP) is 4.50. The molecule has 0 spiro atoms. The number of aryl methyl sites for hydroxylation is 1. The number of amides is 2. The maximum atomic E-state index is 12.1. The monoisotopic (exact) mass is 408 g/mol. The lowest BCUT2D eigenvalue weighted by molar-refractivity contribution is -0.141. The van der Waals surface area contributed by atoms with Crippen molar-refractivity contribution in [3.05, 3.63) is 59.2 Å². The molecule has 0 heterocycles. The van der Waals surface area contributed by atoms with Gasteiger partial charge in [0, 0.05) is 24.8 Å². The van der Waals surface area contributed by atoms with Crippen LogP contribution >= 0.6 is 0 Å². The third-order valence-electron chi connectivity index (χ3n) is 4.38. The van der Waals surface area contributed by atoms with E-state index < -0.39 is 0 Å². The quantitative estimate of drug-likeness (QED) is 0.419. The van der Waals surface area contributed by atoms with E-state index in [9.17, 15) is 9.59 Å². The molecule has 30 heavy (non-hydrogen) atoms. The summed E-state index contributed by atoms with van der Waals surface area (Å²) < 4.78 is 5.25. The van der Waals surface area contributed by atoms with Crippen molar-refractivity contribution in [2.45, 2.75) is 39.7 Å². The summed E-state index contributed by atoms with van der Waals surface area (Å²) in [6.45, 7) is 6.12. The normalized spacial score (nSPS) is 11.1. The van der Waals surface area contributed by atoms with E-state index in [1.54, 1.807) is 24.3 Å². The number of rotatable bonds is 9. The van der Waals surface area contributed by atoms with Crippen molar-refractivity contribution in [2.75, 3.05) is 23.8 Å². The summed E-state index contributed by atoms with van der Waals surface area (Å²) in [4.78, 5) is 23.5. The lowest BCUT2D eigenvalue weighted by Crippen LogP contribution is -2.29. The number of esters is 1. The van der Waals surface area contributed by atoms with E-state index in [0.717, 1.165) is 29.7 Å². The van der Waals surface area contributed by atoms with Gasteiger partial charge in [0.1, 0.15) is 6.61 Å². The Labute approximate surface area is 177 Å². The Balaban J connectivity index is 2.21. The Morgan fingerprint density at radius 2 is 1.87 bits per heavy atom. The van der Waals surface area contributed by atoms with Crippen LogP contribution in [0.5, 0.6) is 0 Å². The zero-order valence-electron chi connectivity index (χ0n) is 17.6. The van der Waals surface area contributed by atoms with Gasteiger partial charge in [-0.2, -0.15) is 5.26 Å². The molecule has 0 saturated carbocycles. The average Bonchev–Trinajstić information content (AvgIpc) is 2.71. The van der Waals surface area contributed by atoms with Crippen LogP contribution in [0, 0.1) is 18.3 Å². The van der Waals surface area contributed by atoms with Crippen LogP contribution in [0.25, 0.3) is 0 Å². The van der Waals surface area contributed by atoms with Gasteiger partial charge in [-0.15, -0.1) is 0 Å². The number of urea groups is 1. The first-order chi connectivity index (χ1) is 14.4. The van der Waals surface area contributed by atoms with Crippen LogP contribution in [0.1, 0.15) is 49.4 Å². The third kappa shape index (κ3) is 7.47. The van der Waals surface area contributed by atoms with Crippen molar-refractivity contribution in [1.29, 1.82) is 5.26 Å². The molecule has 2 rings (SSSR count). The molecule has 158 valence electrons. The van der Waals surface area contributed by atoms with Crippen molar-refractivity contribution in [3.8, 4) is 6.07 Å². The third-order valence-corrected chi connectivity index (χ3v) is 4.38. The summed E-state index contributed by atoms with van der Waals surface area (Å²) >= 11 is 0. The fourth-order valence-corrected chi connectivity index (χ4v) is 2.90. The average molecular weight is 409 g/mol. The van der Waals surface area contributed by atoms with Gasteiger partial charge < -0.3 is 20.7 Å². The van der Waals surface area contributed by atoms with Gasteiger partial charge in [0.25, 0.3) is 0 Å². The minimum absolute atomic E-state index is 0.126. The van der Waals surface area contributed by atoms with E-state index in [4.69, 9.17) is 10.00 Å². The van der Waals surface area contributed by atoms with Crippen molar-refractivity contribution in [1.82, 2.24) is 5.32 Å². The first-order valence-corrected chi connectivity index (χ1v) is 9.97. The second kappa shape index (κ2) is 11.5. The Bertz CT molecular complexity index is 904. The van der Waals surface area contributed by atoms with Crippen LogP contribution in [0.3, 0.4) is 0 Å². The number of anilines is 2. The van der Waals surface area contributed by atoms with Gasteiger partial charge in [-0.25, -0.2) is 4.79 Å². The van der Waals surface area contributed by atoms with Gasteiger partial charge in [0.2, 0.25) is 0 Å². The van der Waals surface area contributed by atoms with Crippen molar-refractivity contribution >= 4 is 23.4 Å². The standard InChI is InChI=1S/C23H28N4O3/c1-4-5-10-25-23(29)27-21-12-16(2)11-19(13-21)22(15-30-17(3)28)26-20-8-6-18(14-24)7-9-20/h6-9,11-13,22,26H,4-5,10,15H2,1-3H3,(H2,25,27,29). The minimum Gasteiger partial charge on any atom is -0.463 e. The molecule has 0 aliphatic rings. The fraction of sp³-hybridized carbons (Fsp3) is 0.348. The molecule has 0 fully saturated rings. The van der Waals surface area contributed by atoms with E-state index in [1.807, 2.05) is 25.1 Å². The van der Waals surface area contributed by atoms with E-state index in [-0.39, 0.29) is 24.6 Å². The van der Waals surface area contributed by atoms with Gasteiger partial charge >= 0.3 is 12.0 Å². The second-order valence-corrected chi connectivity index (χ2v) is 7.06. The number of carbonyl (C=O) groups is 2. The largest absolute Gasteiger partial charge is 0.463 e. The minimum atomic E-state index is -0.372. The number of benzene rings is 2. The second-order valence-electron chi connectivity index (χ2n) is 7.06. The highest BCUT2D eigenvalue weighted by Crippen LogP contribution is 2.25. The molecule has 0 saturated heterocycles. The zero-order valence-corrected chi connectivity index (χ0v) is 17.6. The first kappa shape index (κ1) is 22.8. The van der Waals surface area contributed by atoms with Crippen LogP contribution in [0.2, 0.25) is 0 Å². The summed E-state index contributed by atoms with van der Waals surface area (Å²) in [6, 6.07) is 14.3. The Morgan fingerprint density at radius 1 is 1.13 bits per heavy atom. The molecule has 1 unspecified atom stereocenters. The van der Waals surface area contributed by atoms with Crippen LogP contribution in [0.15, 0.2) is 42.5 Å². The fourth-order valence-electron chi connectivity index (χ4n) is 2.90. The van der Waals surface area contributed by atoms with Gasteiger partial charge in [-0.1, -0.05) is 19.4 Å². The first-order valence-electron chi connectivity index (χ1n) is 9.97. The smallest absolute Gasteiger partial charge is 0.319 e. The SMILES string of the molecule is CCCCNC(=O)Nc1cc(C)cc(C(COC(C)=O)Nc2ccc(C#N)cc2)c1. The molecule has 2 aromatic rings. The van der Waals surface area contributed by atoms with Crippen LogP contribution in [0.4, 0.5) is 16.2 Å². The van der Waals surface area contributed by atoms with Crippen LogP contribution in [-0.2, 0) is 9.53 Å². The van der Waals surface area contributed by atoms with Gasteiger partial charge in [0.15, 0.2) is 0 Å². The van der Waals surface area contributed by atoms with E-state index >= 15 is 0 Å². The van der Waals surface area contributed by atoms with Gasteiger partial charge in [-0.3, -0.25) is 4.79 Å². The summed E-state index contributed by atoms with van der Waals surface area (Å²) in [5.41, 5.74) is 3.84. The topological polar surface area (TPSA) is 103 Å². The van der Waals surface area contributed by atoms with E-state index in [0.29, 0.717) is 17.8 Å². The predicted molar refractivity (Wildman–Crippen MR) is 117 cm³/mol.